The summed E-state index contributed by atoms with van der Waals surface area (Å²) in [5, 5.41) is 10.9. The van der Waals surface area contributed by atoms with Gasteiger partial charge in [-0.25, -0.2) is 0 Å². The number of fused-ring (bicyclic) bond motifs is 1. The molecule has 1 spiro atoms. The summed E-state index contributed by atoms with van der Waals surface area (Å²) in [5.41, 5.74) is 5.41. The van der Waals surface area contributed by atoms with Crippen LogP contribution in [-0.4, -0.2) is 50.2 Å². The first-order valence-corrected chi connectivity index (χ1v) is 12.6. The van der Waals surface area contributed by atoms with Crippen LogP contribution in [0.1, 0.15) is 42.7 Å². The minimum atomic E-state index is -0.323. The van der Waals surface area contributed by atoms with E-state index in [9.17, 15) is 5.26 Å². The second-order valence-corrected chi connectivity index (χ2v) is 9.99. The summed E-state index contributed by atoms with van der Waals surface area (Å²) >= 11 is 6.39. The Morgan fingerprint density at radius 1 is 0.941 bits per heavy atom. The van der Waals surface area contributed by atoms with Crippen molar-refractivity contribution in [2.45, 2.75) is 37.4 Å². The topological polar surface area (TPSA) is 64.5 Å². The minimum absolute atomic E-state index is 0.323. The summed E-state index contributed by atoms with van der Waals surface area (Å²) in [7, 11) is 0. The molecule has 3 aliphatic heterocycles. The molecule has 0 unspecified atom stereocenters. The highest BCUT2D eigenvalue weighted by Crippen LogP contribution is 2.38. The third kappa shape index (κ3) is 3.82. The van der Waals surface area contributed by atoms with E-state index < -0.39 is 0 Å². The number of nitriles is 1. The van der Waals surface area contributed by atoms with Gasteiger partial charge in [0.15, 0.2) is 5.79 Å². The lowest BCUT2D eigenvalue weighted by atomic mass is 9.89. The van der Waals surface area contributed by atoms with Crippen molar-refractivity contribution in [3.05, 3.63) is 58.7 Å². The Morgan fingerprint density at radius 3 is 2.32 bits per heavy atom. The molecule has 3 aliphatic rings. The quantitative estimate of drug-likeness (QED) is 0.546. The summed E-state index contributed by atoms with van der Waals surface area (Å²) < 4.78 is 11.7. The van der Waals surface area contributed by atoms with Gasteiger partial charge in [-0.05, 0) is 48.6 Å². The molecule has 176 valence electrons. The molecule has 6 nitrogen and oxygen atoms in total. The Labute approximate surface area is 205 Å². The zero-order valence-corrected chi connectivity index (χ0v) is 20.0. The number of piperidine rings is 2. The molecule has 1 aromatic heterocycles. The second kappa shape index (κ2) is 8.81. The van der Waals surface area contributed by atoms with Gasteiger partial charge < -0.3 is 24.3 Å². The van der Waals surface area contributed by atoms with Gasteiger partial charge in [0.05, 0.1) is 35.0 Å². The fourth-order valence-corrected chi connectivity index (χ4v) is 6.11. The van der Waals surface area contributed by atoms with Crippen molar-refractivity contribution in [2.24, 2.45) is 0 Å². The molecule has 0 amide bonds. The first-order chi connectivity index (χ1) is 16.7. The predicted molar refractivity (Wildman–Crippen MR) is 135 cm³/mol. The van der Waals surface area contributed by atoms with E-state index in [1.165, 1.54) is 11.3 Å². The van der Waals surface area contributed by atoms with E-state index in [-0.39, 0.29) is 5.79 Å². The lowest BCUT2D eigenvalue weighted by Gasteiger charge is -2.39. The summed E-state index contributed by atoms with van der Waals surface area (Å²) in [5.74, 6) is 0.243. The number of hydrogen-bond acceptors (Lipinski definition) is 5. The Hall–Kier alpha value is -2.72. The number of halogens is 1. The zero-order valence-electron chi connectivity index (χ0n) is 19.2. The number of H-pyrrole nitrogens is 1. The molecule has 6 rings (SSSR count). The van der Waals surface area contributed by atoms with Crippen LogP contribution in [-0.2, 0) is 9.47 Å². The maximum Gasteiger partial charge on any atom is 0.171 e. The van der Waals surface area contributed by atoms with Crippen molar-refractivity contribution < 1.29 is 9.47 Å². The summed E-state index contributed by atoms with van der Waals surface area (Å²) in [6.07, 6.45) is 5.83. The van der Waals surface area contributed by atoms with Crippen LogP contribution in [0.4, 0.5) is 11.4 Å². The zero-order chi connectivity index (χ0) is 23.1. The van der Waals surface area contributed by atoms with Gasteiger partial charge in [0.1, 0.15) is 6.07 Å². The molecule has 7 heteroatoms. The number of aromatic nitrogens is 1. The standard InChI is InChI=1S/C27H29ClN4O2/c28-23-5-6-24(26-25(23)21(17-29)18-30-26)32-11-7-20(8-12-32)19-1-3-22(4-2-19)31-13-9-27(10-14-31)33-15-16-34-27/h1-6,18,20,30H,7-16H2. The molecule has 2 aromatic carbocycles. The number of rotatable bonds is 3. The van der Waals surface area contributed by atoms with Crippen LogP contribution >= 0.6 is 11.6 Å². The van der Waals surface area contributed by atoms with Crippen molar-refractivity contribution in [3.8, 4) is 6.07 Å². The molecule has 0 saturated carbocycles. The van der Waals surface area contributed by atoms with Crippen molar-refractivity contribution in [3.63, 3.8) is 0 Å². The SMILES string of the molecule is N#Cc1c[nH]c2c(N3CCC(c4ccc(N5CCC6(CC5)OCCO6)cc4)CC3)ccc(Cl)c12. The number of benzene rings is 2. The lowest BCUT2D eigenvalue weighted by Crippen LogP contribution is -2.45. The molecule has 0 aliphatic carbocycles. The maximum atomic E-state index is 9.41. The molecule has 1 N–H and O–H groups in total. The van der Waals surface area contributed by atoms with E-state index in [1.54, 1.807) is 6.20 Å². The van der Waals surface area contributed by atoms with Gasteiger partial charge in [0.2, 0.25) is 0 Å². The highest BCUT2D eigenvalue weighted by Gasteiger charge is 2.39. The van der Waals surface area contributed by atoms with E-state index in [4.69, 9.17) is 21.1 Å². The molecule has 0 radical (unpaired) electrons. The van der Waals surface area contributed by atoms with Crippen LogP contribution in [0.15, 0.2) is 42.6 Å². The molecule has 0 atom stereocenters. The smallest absolute Gasteiger partial charge is 0.171 e. The predicted octanol–water partition coefficient (Wildman–Crippen LogP) is 5.42. The van der Waals surface area contributed by atoms with Gasteiger partial charge in [-0.3, -0.25) is 0 Å². The average molecular weight is 477 g/mol. The Morgan fingerprint density at radius 2 is 1.65 bits per heavy atom. The van der Waals surface area contributed by atoms with E-state index in [0.717, 1.165) is 81.7 Å². The van der Waals surface area contributed by atoms with Gasteiger partial charge in [-0.15, -0.1) is 0 Å². The van der Waals surface area contributed by atoms with E-state index >= 15 is 0 Å². The normalized spacial score (nSPS) is 20.8. The Bertz CT molecular complexity index is 1210. The average Bonchev–Trinajstić information content (AvgIpc) is 3.53. The van der Waals surface area contributed by atoms with Crippen molar-refractivity contribution in [1.29, 1.82) is 5.26 Å². The van der Waals surface area contributed by atoms with Gasteiger partial charge in [0, 0.05) is 56.3 Å². The third-order valence-electron chi connectivity index (χ3n) is 7.79. The summed E-state index contributed by atoms with van der Waals surface area (Å²) in [6.45, 7) is 5.36. The van der Waals surface area contributed by atoms with Crippen molar-refractivity contribution in [2.75, 3.05) is 49.2 Å². The first-order valence-electron chi connectivity index (χ1n) is 12.2. The number of anilines is 2. The highest BCUT2D eigenvalue weighted by atomic mass is 35.5. The number of aromatic amines is 1. The lowest BCUT2D eigenvalue weighted by molar-refractivity contribution is -0.169. The van der Waals surface area contributed by atoms with Crippen LogP contribution in [0.2, 0.25) is 5.02 Å². The molecular formula is C27H29ClN4O2. The fourth-order valence-electron chi connectivity index (χ4n) is 5.85. The number of ether oxygens (including phenoxy) is 2. The number of hydrogen-bond donors (Lipinski definition) is 1. The Balaban J connectivity index is 1.10. The highest BCUT2D eigenvalue weighted by molar-refractivity contribution is 6.36. The van der Waals surface area contributed by atoms with Crippen molar-refractivity contribution in [1.82, 2.24) is 4.98 Å². The van der Waals surface area contributed by atoms with Crippen LogP contribution in [0.25, 0.3) is 10.9 Å². The minimum Gasteiger partial charge on any atom is -0.371 e. The van der Waals surface area contributed by atoms with E-state index in [1.807, 2.05) is 6.07 Å². The van der Waals surface area contributed by atoms with Crippen LogP contribution in [0.3, 0.4) is 0 Å². The second-order valence-electron chi connectivity index (χ2n) is 9.58. The van der Waals surface area contributed by atoms with Crippen LogP contribution in [0.5, 0.6) is 0 Å². The Kier molecular flexibility index (Phi) is 5.65. The third-order valence-corrected chi connectivity index (χ3v) is 8.10. The summed E-state index contributed by atoms with van der Waals surface area (Å²) in [6, 6.07) is 15.4. The van der Waals surface area contributed by atoms with Crippen molar-refractivity contribution >= 4 is 33.9 Å². The monoisotopic (exact) mass is 476 g/mol. The van der Waals surface area contributed by atoms with E-state index in [0.29, 0.717) is 16.5 Å². The molecule has 3 aromatic rings. The largest absolute Gasteiger partial charge is 0.371 e. The van der Waals surface area contributed by atoms with E-state index in [2.05, 4.69) is 51.2 Å². The maximum absolute atomic E-state index is 9.41. The molecule has 3 fully saturated rings. The first kappa shape index (κ1) is 21.8. The van der Waals surface area contributed by atoms with Crippen LogP contribution < -0.4 is 9.80 Å². The summed E-state index contributed by atoms with van der Waals surface area (Å²) in [4.78, 5) is 8.13. The number of nitrogens with one attached hydrogen (secondary N) is 1. The molecule has 0 bridgehead atoms. The molecular weight excluding hydrogens is 448 g/mol. The molecule has 3 saturated heterocycles. The number of nitrogens with zero attached hydrogens (tertiary/aromatic N) is 3. The van der Waals surface area contributed by atoms with Gasteiger partial charge in [-0.2, -0.15) is 5.26 Å². The van der Waals surface area contributed by atoms with Gasteiger partial charge >= 0.3 is 0 Å². The molecule has 34 heavy (non-hydrogen) atoms. The van der Waals surface area contributed by atoms with Crippen LogP contribution in [0, 0.1) is 11.3 Å². The fraction of sp³-hybridized carbons (Fsp3) is 0.444. The van der Waals surface area contributed by atoms with Gasteiger partial charge in [-0.1, -0.05) is 23.7 Å². The molecule has 4 heterocycles. The van der Waals surface area contributed by atoms with Gasteiger partial charge in [0.25, 0.3) is 0 Å².